The van der Waals surface area contributed by atoms with Gasteiger partial charge in [0.25, 0.3) is 0 Å². The third-order valence-electron chi connectivity index (χ3n) is 3.62. The quantitative estimate of drug-likeness (QED) is 0.647. The predicted octanol–water partition coefficient (Wildman–Crippen LogP) is 2.06. The average Bonchev–Trinajstić information content (AvgIpc) is 2.55. The molecule has 0 aromatic carbocycles. The van der Waals surface area contributed by atoms with E-state index in [0.717, 1.165) is 18.8 Å². The number of aliphatic carboxylic acids is 1. The maximum Gasteiger partial charge on any atom is 0.331 e. The van der Waals surface area contributed by atoms with Crippen LogP contribution < -0.4 is 0 Å². The molecule has 2 nitrogen and oxygen atoms in total. The molecule has 1 fully saturated rings. The number of rotatable bonds is 1. The Balaban J connectivity index is 2.11. The Kier molecular flexibility index (Phi) is 1.39. The van der Waals surface area contributed by atoms with Crippen molar-refractivity contribution in [2.24, 2.45) is 17.3 Å². The van der Waals surface area contributed by atoms with Gasteiger partial charge in [-0.2, -0.15) is 0 Å². The summed E-state index contributed by atoms with van der Waals surface area (Å²) in [6.45, 7) is 4.47. The molecule has 0 radical (unpaired) electrons. The normalized spacial score (nSPS) is 36.7. The van der Waals surface area contributed by atoms with Crippen molar-refractivity contribution in [1.29, 1.82) is 0 Å². The number of carboxylic acid groups (broad SMARTS) is 1. The van der Waals surface area contributed by atoms with Gasteiger partial charge in [-0.05, 0) is 30.1 Å². The number of allylic oxidation sites excluding steroid dienone is 1. The Bertz CT molecular complexity index is 263. The first-order valence-electron chi connectivity index (χ1n) is 4.46. The van der Waals surface area contributed by atoms with Gasteiger partial charge in [0.2, 0.25) is 0 Å². The van der Waals surface area contributed by atoms with Crippen molar-refractivity contribution in [1.82, 2.24) is 0 Å². The van der Waals surface area contributed by atoms with Crippen molar-refractivity contribution in [3.63, 3.8) is 0 Å². The Morgan fingerprint density at radius 1 is 1.58 bits per heavy atom. The highest BCUT2D eigenvalue weighted by Gasteiger charge is 2.58. The fourth-order valence-electron chi connectivity index (χ4n) is 2.49. The summed E-state index contributed by atoms with van der Waals surface area (Å²) in [7, 11) is 0. The summed E-state index contributed by atoms with van der Waals surface area (Å²) in [6, 6.07) is 0. The number of hydrogen-bond acceptors (Lipinski definition) is 1. The Morgan fingerprint density at radius 2 is 2.25 bits per heavy atom. The summed E-state index contributed by atoms with van der Waals surface area (Å²) >= 11 is 0. The third kappa shape index (κ3) is 0.904. The number of hydrogen-bond donors (Lipinski definition) is 1. The van der Waals surface area contributed by atoms with Gasteiger partial charge in [0.05, 0.1) is 0 Å². The van der Waals surface area contributed by atoms with E-state index in [-0.39, 0.29) is 0 Å². The van der Waals surface area contributed by atoms with Crippen LogP contribution in [0.1, 0.15) is 26.7 Å². The minimum atomic E-state index is -0.726. The van der Waals surface area contributed by atoms with Crippen molar-refractivity contribution in [2.75, 3.05) is 0 Å². The smallest absolute Gasteiger partial charge is 0.331 e. The molecule has 0 aliphatic heterocycles. The van der Waals surface area contributed by atoms with Gasteiger partial charge < -0.3 is 5.11 Å². The van der Waals surface area contributed by atoms with E-state index in [9.17, 15) is 4.79 Å². The molecule has 0 bridgehead atoms. The molecule has 1 N–H and O–H groups in total. The highest BCUT2D eigenvalue weighted by molar-refractivity contribution is 5.87. The first kappa shape index (κ1) is 7.84. The molecule has 2 rings (SSSR count). The van der Waals surface area contributed by atoms with Crippen molar-refractivity contribution < 1.29 is 9.90 Å². The lowest BCUT2D eigenvalue weighted by Crippen LogP contribution is -2.05. The van der Waals surface area contributed by atoms with Crippen LogP contribution in [0, 0.1) is 17.3 Å². The van der Waals surface area contributed by atoms with Gasteiger partial charge in [-0.3, -0.25) is 0 Å². The third-order valence-corrected chi connectivity index (χ3v) is 3.62. The molecule has 0 aromatic heterocycles. The monoisotopic (exact) mass is 166 g/mol. The molecule has 2 atom stereocenters. The average molecular weight is 166 g/mol. The first-order valence-corrected chi connectivity index (χ1v) is 4.46. The van der Waals surface area contributed by atoms with Gasteiger partial charge in [-0.1, -0.05) is 19.9 Å². The van der Waals surface area contributed by atoms with Crippen LogP contribution in [0.3, 0.4) is 0 Å². The SMILES string of the molecule is CC1(C)C2CC=C(C(=O)O)C[C@@H]21. The molecule has 2 aliphatic carbocycles. The molecule has 0 saturated heterocycles. The van der Waals surface area contributed by atoms with Gasteiger partial charge in [0.15, 0.2) is 0 Å². The number of carbonyl (C=O) groups is 1. The maximum atomic E-state index is 10.7. The second-order valence-electron chi connectivity index (χ2n) is 4.51. The molecule has 1 saturated carbocycles. The lowest BCUT2D eigenvalue weighted by atomic mass is 10.00. The Labute approximate surface area is 72.3 Å². The summed E-state index contributed by atoms with van der Waals surface area (Å²) in [6.07, 6.45) is 3.66. The van der Waals surface area contributed by atoms with Gasteiger partial charge in [0.1, 0.15) is 0 Å². The van der Waals surface area contributed by atoms with Crippen LogP contribution in [0.2, 0.25) is 0 Å². The summed E-state index contributed by atoms with van der Waals surface area (Å²) in [4.78, 5) is 10.7. The summed E-state index contributed by atoms with van der Waals surface area (Å²) in [5, 5.41) is 8.78. The lowest BCUT2D eigenvalue weighted by molar-refractivity contribution is -0.132. The minimum absolute atomic E-state index is 0.397. The molecular weight excluding hydrogens is 152 g/mol. The lowest BCUT2D eigenvalue weighted by Gasteiger charge is -2.06. The first-order chi connectivity index (χ1) is 5.53. The van der Waals surface area contributed by atoms with E-state index >= 15 is 0 Å². The maximum absolute atomic E-state index is 10.7. The Morgan fingerprint density at radius 3 is 2.75 bits per heavy atom. The highest BCUT2D eigenvalue weighted by atomic mass is 16.4. The fraction of sp³-hybridized carbons (Fsp3) is 0.700. The minimum Gasteiger partial charge on any atom is -0.478 e. The van der Waals surface area contributed by atoms with E-state index in [1.807, 2.05) is 6.08 Å². The van der Waals surface area contributed by atoms with Crippen LogP contribution in [0.25, 0.3) is 0 Å². The second kappa shape index (κ2) is 2.12. The van der Waals surface area contributed by atoms with Crippen LogP contribution in [0.15, 0.2) is 11.6 Å². The molecule has 0 amide bonds. The van der Waals surface area contributed by atoms with Crippen molar-refractivity contribution in [2.45, 2.75) is 26.7 Å². The molecular formula is C10H14O2. The zero-order chi connectivity index (χ0) is 8.93. The summed E-state index contributed by atoms with van der Waals surface area (Å²) in [5.74, 6) is 0.658. The van der Waals surface area contributed by atoms with E-state index < -0.39 is 5.97 Å². The van der Waals surface area contributed by atoms with Crippen molar-refractivity contribution in [3.05, 3.63) is 11.6 Å². The molecule has 66 valence electrons. The van der Waals surface area contributed by atoms with E-state index in [0.29, 0.717) is 16.9 Å². The van der Waals surface area contributed by atoms with E-state index in [1.165, 1.54) is 0 Å². The zero-order valence-electron chi connectivity index (χ0n) is 7.50. The van der Waals surface area contributed by atoms with Gasteiger partial charge in [-0.15, -0.1) is 0 Å². The summed E-state index contributed by atoms with van der Waals surface area (Å²) in [5.41, 5.74) is 1.02. The van der Waals surface area contributed by atoms with E-state index in [4.69, 9.17) is 5.11 Å². The molecule has 0 heterocycles. The van der Waals surface area contributed by atoms with E-state index in [1.54, 1.807) is 0 Å². The van der Waals surface area contributed by atoms with Gasteiger partial charge in [0, 0.05) is 5.57 Å². The largest absolute Gasteiger partial charge is 0.478 e. The molecule has 0 aromatic rings. The topological polar surface area (TPSA) is 37.3 Å². The Hall–Kier alpha value is -0.790. The summed E-state index contributed by atoms with van der Waals surface area (Å²) < 4.78 is 0. The number of fused-ring (bicyclic) bond motifs is 1. The molecule has 2 aliphatic rings. The van der Waals surface area contributed by atoms with Gasteiger partial charge in [-0.25, -0.2) is 4.79 Å². The van der Waals surface area contributed by atoms with Crippen molar-refractivity contribution >= 4 is 5.97 Å². The van der Waals surface area contributed by atoms with Crippen LogP contribution in [0.4, 0.5) is 0 Å². The van der Waals surface area contributed by atoms with Crippen LogP contribution in [0.5, 0.6) is 0 Å². The standard InChI is InChI=1S/C10H14O2/c1-10(2)7-4-3-6(9(11)12)5-8(7)10/h3,7-8H,4-5H2,1-2H3,(H,11,12)/t7?,8-/m0/s1. The second-order valence-corrected chi connectivity index (χ2v) is 4.51. The van der Waals surface area contributed by atoms with Gasteiger partial charge >= 0.3 is 5.97 Å². The predicted molar refractivity (Wildman–Crippen MR) is 45.7 cm³/mol. The fourth-order valence-corrected chi connectivity index (χ4v) is 2.49. The van der Waals surface area contributed by atoms with Crippen LogP contribution in [-0.4, -0.2) is 11.1 Å². The molecule has 12 heavy (non-hydrogen) atoms. The molecule has 2 heteroatoms. The highest BCUT2D eigenvalue weighted by Crippen LogP contribution is 2.64. The number of carboxylic acids is 1. The molecule has 0 spiro atoms. The zero-order valence-corrected chi connectivity index (χ0v) is 7.50. The van der Waals surface area contributed by atoms with Crippen LogP contribution in [-0.2, 0) is 4.79 Å². The van der Waals surface area contributed by atoms with Crippen molar-refractivity contribution in [3.8, 4) is 0 Å². The van der Waals surface area contributed by atoms with Crippen LogP contribution >= 0.6 is 0 Å². The molecule has 1 unspecified atom stereocenters. The van der Waals surface area contributed by atoms with E-state index in [2.05, 4.69) is 13.8 Å².